The topological polar surface area (TPSA) is 73.5 Å². The molecule has 6 heteroatoms. The lowest BCUT2D eigenvalue weighted by Gasteiger charge is -2.24. The van der Waals surface area contributed by atoms with Crippen LogP contribution in [0.2, 0.25) is 0 Å². The van der Waals surface area contributed by atoms with Crippen molar-refractivity contribution in [3.8, 4) is 5.75 Å². The van der Waals surface area contributed by atoms with Gasteiger partial charge in [0.15, 0.2) is 11.6 Å². The first-order valence-electron chi connectivity index (χ1n) is 5.68. The zero-order valence-corrected chi connectivity index (χ0v) is 10.2. The van der Waals surface area contributed by atoms with Crippen LogP contribution in [0.3, 0.4) is 0 Å². The summed E-state index contributed by atoms with van der Waals surface area (Å²) in [4.78, 5) is 10.4. The van der Waals surface area contributed by atoms with Crippen molar-refractivity contribution in [3.05, 3.63) is 6.33 Å². The Balaban J connectivity index is 2.25. The molecule has 94 valence electrons. The third-order valence-corrected chi connectivity index (χ3v) is 2.81. The van der Waals surface area contributed by atoms with E-state index in [0.717, 1.165) is 12.4 Å². The number of hydrogen-bond donors (Lipinski definition) is 1. The van der Waals surface area contributed by atoms with Crippen molar-refractivity contribution < 1.29 is 9.47 Å². The summed E-state index contributed by atoms with van der Waals surface area (Å²) >= 11 is 0. The largest absolute Gasteiger partial charge is 0.490 e. The van der Waals surface area contributed by atoms with Crippen molar-refractivity contribution in [3.63, 3.8) is 0 Å². The van der Waals surface area contributed by atoms with Gasteiger partial charge in [-0.3, -0.25) is 0 Å². The van der Waals surface area contributed by atoms with Gasteiger partial charge in [0, 0.05) is 19.7 Å². The molecule has 0 amide bonds. The molecule has 2 rings (SSSR count). The molecule has 0 radical (unpaired) electrons. The summed E-state index contributed by atoms with van der Waals surface area (Å²) < 4.78 is 10.4. The van der Waals surface area contributed by atoms with Gasteiger partial charge in [0.1, 0.15) is 6.33 Å². The second kappa shape index (κ2) is 5.18. The second-order valence-corrected chi connectivity index (χ2v) is 4.03. The van der Waals surface area contributed by atoms with Gasteiger partial charge in [0.25, 0.3) is 0 Å². The van der Waals surface area contributed by atoms with Gasteiger partial charge in [-0.15, -0.1) is 0 Å². The minimum absolute atomic E-state index is 0.376. The number of nitrogens with zero attached hydrogens (tertiary/aromatic N) is 3. The Hall–Kier alpha value is -1.56. The van der Waals surface area contributed by atoms with Gasteiger partial charge in [-0.05, 0) is 12.8 Å². The number of anilines is 2. The Morgan fingerprint density at radius 1 is 1.41 bits per heavy atom. The standard InChI is InChI=1S/C11H18N4O2/c1-16-6-5-15(8-3-4-8)11-9(17-2)10(12)13-7-14-11/h7-8H,3-6H2,1-2H3,(H2,12,13,14). The lowest BCUT2D eigenvalue weighted by atomic mass is 10.4. The first-order chi connectivity index (χ1) is 8.27. The molecule has 0 saturated heterocycles. The van der Waals surface area contributed by atoms with Crippen LogP contribution in [0.4, 0.5) is 11.6 Å². The summed E-state index contributed by atoms with van der Waals surface area (Å²) in [5, 5.41) is 0. The summed E-state index contributed by atoms with van der Waals surface area (Å²) in [5.74, 6) is 1.69. The fraction of sp³-hybridized carbons (Fsp3) is 0.636. The SMILES string of the molecule is COCCN(c1ncnc(N)c1OC)C1CC1. The maximum atomic E-state index is 5.78. The van der Waals surface area contributed by atoms with E-state index in [4.69, 9.17) is 15.2 Å². The van der Waals surface area contributed by atoms with Crippen molar-refractivity contribution >= 4 is 11.6 Å². The van der Waals surface area contributed by atoms with E-state index in [2.05, 4.69) is 14.9 Å². The second-order valence-electron chi connectivity index (χ2n) is 4.03. The fourth-order valence-corrected chi connectivity index (χ4v) is 1.82. The lowest BCUT2D eigenvalue weighted by Crippen LogP contribution is -2.30. The number of nitrogen functional groups attached to an aromatic ring is 1. The Kier molecular flexibility index (Phi) is 3.63. The third-order valence-electron chi connectivity index (χ3n) is 2.81. The van der Waals surface area contributed by atoms with Crippen LogP contribution in [0.25, 0.3) is 0 Å². The number of ether oxygens (including phenoxy) is 2. The van der Waals surface area contributed by atoms with Crippen LogP contribution in [0.5, 0.6) is 5.75 Å². The molecule has 0 aromatic carbocycles. The average molecular weight is 238 g/mol. The van der Waals surface area contributed by atoms with Gasteiger partial charge < -0.3 is 20.1 Å². The summed E-state index contributed by atoms with van der Waals surface area (Å²) in [6.07, 6.45) is 3.82. The van der Waals surface area contributed by atoms with Crippen LogP contribution in [0.15, 0.2) is 6.33 Å². The van der Waals surface area contributed by atoms with Crippen LogP contribution in [-0.4, -0.2) is 43.4 Å². The number of methoxy groups -OCH3 is 2. The number of aromatic nitrogens is 2. The summed E-state index contributed by atoms with van der Waals surface area (Å²) in [6, 6.07) is 0.522. The van der Waals surface area contributed by atoms with Crippen molar-refractivity contribution in [1.82, 2.24) is 9.97 Å². The minimum Gasteiger partial charge on any atom is -0.490 e. The molecular weight excluding hydrogens is 220 g/mol. The van der Waals surface area contributed by atoms with Crippen molar-refractivity contribution in [1.29, 1.82) is 0 Å². The van der Waals surface area contributed by atoms with E-state index in [9.17, 15) is 0 Å². The van der Waals surface area contributed by atoms with E-state index in [1.807, 2.05) is 0 Å². The molecule has 1 aromatic heterocycles. The molecule has 2 N–H and O–H groups in total. The Bertz CT molecular complexity index is 382. The van der Waals surface area contributed by atoms with E-state index >= 15 is 0 Å². The molecule has 1 aliphatic carbocycles. The number of hydrogen-bond acceptors (Lipinski definition) is 6. The minimum atomic E-state index is 0.376. The first-order valence-corrected chi connectivity index (χ1v) is 5.68. The van der Waals surface area contributed by atoms with Gasteiger partial charge in [-0.1, -0.05) is 0 Å². The summed E-state index contributed by atoms with van der Waals surface area (Å²) in [5.41, 5.74) is 5.78. The molecule has 6 nitrogen and oxygen atoms in total. The van der Waals surface area contributed by atoms with Crippen LogP contribution in [0, 0.1) is 0 Å². The smallest absolute Gasteiger partial charge is 0.204 e. The van der Waals surface area contributed by atoms with E-state index in [1.54, 1.807) is 14.2 Å². The average Bonchev–Trinajstić information content (AvgIpc) is 3.14. The van der Waals surface area contributed by atoms with E-state index in [1.165, 1.54) is 19.2 Å². The highest BCUT2D eigenvalue weighted by atomic mass is 16.5. The van der Waals surface area contributed by atoms with Crippen LogP contribution >= 0.6 is 0 Å². The van der Waals surface area contributed by atoms with Gasteiger partial charge in [-0.2, -0.15) is 0 Å². The molecule has 0 atom stereocenters. The van der Waals surface area contributed by atoms with Crippen LogP contribution in [0.1, 0.15) is 12.8 Å². The molecular formula is C11H18N4O2. The molecule has 1 aromatic rings. The normalized spacial score (nSPS) is 14.7. The molecule has 0 unspecified atom stereocenters. The maximum Gasteiger partial charge on any atom is 0.204 e. The van der Waals surface area contributed by atoms with E-state index in [0.29, 0.717) is 24.2 Å². The summed E-state index contributed by atoms with van der Waals surface area (Å²) in [6.45, 7) is 1.44. The van der Waals surface area contributed by atoms with Crippen molar-refractivity contribution in [2.24, 2.45) is 0 Å². The molecule has 1 saturated carbocycles. The van der Waals surface area contributed by atoms with Crippen LogP contribution in [-0.2, 0) is 4.74 Å². The highest BCUT2D eigenvalue weighted by Crippen LogP contribution is 2.37. The molecule has 1 aliphatic rings. The molecule has 0 bridgehead atoms. The van der Waals surface area contributed by atoms with Crippen molar-refractivity contribution in [2.45, 2.75) is 18.9 Å². The maximum absolute atomic E-state index is 5.78. The number of rotatable bonds is 6. The van der Waals surface area contributed by atoms with Gasteiger partial charge in [0.2, 0.25) is 5.75 Å². The quantitative estimate of drug-likeness (QED) is 0.785. The van der Waals surface area contributed by atoms with E-state index < -0.39 is 0 Å². The molecule has 1 fully saturated rings. The molecule has 0 aliphatic heterocycles. The van der Waals surface area contributed by atoms with Gasteiger partial charge in [0.05, 0.1) is 13.7 Å². The lowest BCUT2D eigenvalue weighted by molar-refractivity contribution is 0.204. The predicted molar refractivity (Wildman–Crippen MR) is 65.2 cm³/mol. The molecule has 0 spiro atoms. The monoisotopic (exact) mass is 238 g/mol. The van der Waals surface area contributed by atoms with E-state index in [-0.39, 0.29) is 0 Å². The Morgan fingerprint density at radius 3 is 2.76 bits per heavy atom. The predicted octanol–water partition coefficient (Wildman–Crippen LogP) is 0.683. The number of nitrogens with two attached hydrogens (primary N) is 1. The van der Waals surface area contributed by atoms with Crippen molar-refractivity contribution in [2.75, 3.05) is 38.0 Å². The van der Waals surface area contributed by atoms with Gasteiger partial charge >= 0.3 is 0 Å². The highest BCUT2D eigenvalue weighted by molar-refractivity contribution is 5.63. The fourth-order valence-electron chi connectivity index (χ4n) is 1.82. The summed E-state index contributed by atoms with van der Waals surface area (Å²) in [7, 11) is 3.27. The van der Waals surface area contributed by atoms with Gasteiger partial charge in [-0.25, -0.2) is 9.97 Å². The molecule has 17 heavy (non-hydrogen) atoms. The third kappa shape index (κ3) is 2.58. The first kappa shape index (κ1) is 11.9. The highest BCUT2D eigenvalue weighted by Gasteiger charge is 2.32. The zero-order valence-electron chi connectivity index (χ0n) is 10.2. The molecule has 1 heterocycles. The Labute approximate surface area is 101 Å². The zero-order chi connectivity index (χ0) is 12.3. The van der Waals surface area contributed by atoms with Crippen LogP contribution < -0.4 is 15.4 Å². The Morgan fingerprint density at radius 2 is 2.18 bits per heavy atom.